The van der Waals surface area contributed by atoms with E-state index in [0.29, 0.717) is 24.3 Å². The van der Waals surface area contributed by atoms with Gasteiger partial charge in [0.1, 0.15) is 6.10 Å². The predicted octanol–water partition coefficient (Wildman–Crippen LogP) is 3.18. The third-order valence-corrected chi connectivity index (χ3v) is 5.68. The first-order chi connectivity index (χ1) is 14.2. The summed E-state index contributed by atoms with van der Waals surface area (Å²) in [5.74, 6) is -0.292. The summed E-state index contributed by atoms with van der Waals surface area (Å²) in [7, 11) is 0. The molecule has 0 spiro atoms. The summed E-state index contributed by atoms with van der Waals surface area (Å²) in [6.07, 6.45) is 3.28. The Morgan fingerprint density at radius 2 is 1.83 bits per heavy atom. The number of esters is 1. The number of rotatable bonds is 3. The molecule has 2 fully saturated rings. The molecule has 3 heterocycles. The highest BCUT2D eigenvalue weighted by Gasteiger charge is 2.34. The van der Waals surface area contributed by atoms with Gasteiger partial charge < -0.3 is 19.4 Å². The molecule has 2 bridgehead atoms. The Kier molecular flexibility index (Phi) is 4.55. The predicted molar refractivity (Wildman–Crippen MR) is 108 cm³/mol. The Hall–Kier alpha value is -3.14. The molecule has 2 aliphatic rings. The van der Waals surface area contributed by atoms with Crippen molar-refractivity contribution in [1.82, 2.24) is 9.88 Å². The Morgan fingerprint density at radius 1 is 1.10 bits per heavy atom. The molecule has 5 rings (SSSR count). The molecule has 1 N–H and O–H groups in total. The van der Waals surface area contributed by atoms with E-state index in [1.165, 1.54) is 0 Å². The van der Waals surface area contributed by atoms with Crippen LogP contribution in [0, 0.1) is 11.3 Å². The molecule has 2 aromatic carbocycles. The van der Waals surface area contributed by atoms with E-state index in [-0.39, 0.29) is 24.2 Å². The Labute approximate surface area is 168 Å². The molecule has 0 amide bonds. The maximum Gasteiger partial charge on any atom is 0.340 e. The van der Waals surface area contributed by atoms with Crippen molar-refractivity contribution in [1.29, 1.82) is 5.26 Å². The van der Waals surface area contributed by atoms with Gasteiger partial charge in [-0.25, -0.2) is 4.79 Å². The zero-order valence-corrected chi connectivity index (χ0v) is 15.9. The van der Waals surface area contributed by atoms with Gasteiger partial charge in [-0.1, -0.05) is 18.2 Å². The van der Waals surface area contributed by atoms with E-state index >= 15 is 0 Å². The number of hydrogen-bond donors (Lipinski definition) is 1. The summed E-state index contributed by atoms with van der Waals surface area (Å²) >= 11 is 0. The van der Waals surface area contributed by atoms with Crippen molar-refractivity contribution in [2.45, 2.75) is 31.0 Å². The minimum absolute atomic E-state index is 0.0975. The normalized spacial score (nSPS) is 23.5. The SMILES string of the molecule is N#Cc1ccc(-n2cc(C(=O)OC3CC4COCC(C3)N4)c3ccccc32)cc1. The molecule has 146 valence electrons. The molecule has 29 heavy (non-hydrogen) atoms. The molecule has 3 aromatic rings. The molecular weight excluding hydrogens is 366 g/mol. The Balaban J connectivity index is 1.45. The number of nitrogens with zero attached hydrogens (tertiary/aromatic N) is 2. The van der Waals surface area contributed by atoms with Crippen LogP contribution in [0.3, 0.4) is 0 Å². The van der Waals surface area contributed by atoms with Gasteiger partial charge in [-0.15, -0.1) is 0 Å². The zero-order valence-electron chi connectivity index (χ0n) is 15.9. The number of ether oxygens (including phenoxy) is 2. The third kappa shape index (κ3) is 3.39. The minimum atomic E-state index is -0.292. The fourth-order valence-corrected chi connectivity index (χ4v) is 4.35. The lowest BCUT2D eigenvalue weighted by atomic mass is 9.94. The van der Waals surface area contributed by atoms with Crippen molar-refractivity contribution in [3.05, 3.63) is 65.9 Å². The summed E-state index contributed by atoms with van der Waals surface area (Å²) in [6, 6.07) is 17.7. The first-order valence-electron chi connectivity index (χ1n) is 9.86. The van der Waals surface area contributed by atoms with Crippen molar-refractivity contribution in [2.75, 3.05) is 13.2 Å². The number of benzene rings is 2. The smallest absolute Gasteiger partial charge is 0.340 e. The lowest BCUT2D eigenvalue weighted by Gasteiger charge is -2.39. The molecule has 6 nitrogen and oxygen atoms in total. The van der Waals surface area contributed by atoms with Gasteiger partial charge in [0.15, 0.2) is 0 Å². The Bertz CT molecular complexity index is 1080. The minimum Gasteiger partial charge on any atom is -0.459 e. The van der Waals surface area contributed by atoms with E-state index in [1.807, 2.05) is 47.2 Å². The van der Waals surface area contributed by atoms with E-state index in [4.69, 9.17) is 14.7 Å². The van der Waals surface area contributed by atoms with Crippen molar-refractivity contribution >= 4 is 16.9 Å². The van der Waals surface area contributed by atoms with E-state index in [9.17, 15) is 4.79 Å². The van der Waals surface area contributed by atoms with Crippen molar-refractivity contribution in [3.8, 4) is 11.8 Å². The molecule has 2 unspecified atom stereocenters. The van der Waals surface area contributed by atoms with Crippen LogP contribution in [0.4, 0.5) is 0 Å². The van der Waals surface area contributed by atoms with E-state index in [1.54, 1.807) is 12.1 Å². The largest absolute Gasteiger partial charge is 0.459 e. The fourth-order valence-electron chi connectivity index (χ4n) is 4.35. The number of fused-ring (bicyclic) bond motifs is 3. The first kappa shape index (κ1) is 17.9. The standard InChI is InChI=1S/C23H21N3O3/c24-11-15-5-7-18(8-6-15)26-12-21(20-3-1-2-4-22(20)26)23(27)29-19-9-16-13-28-14-17(10-19)25-16/h1-8,12,16-17,19,25H,9-10,13-14H2. The molecule has 0 saturated carbocycles. The lowest BCUT2D eigenvalue weighted by Crippen LogP contribution is -2.56. The van der Waals surface area contributed by atoms with Crippen LogP contribution in [-0.4, -0.2) is 41.9 Å². The zero-order chi connectivity index (χ0) is 19.8. The lowest BCUT2D eigenvalue weighted by molar-refractivity contribution is -0.0339. The van der Waals surface area contributed by atoms with E-state index in [2.05, 4.69) is 11.4 Å². The summed E-state index contributed by atoms with van der Waals surface area (Å²) in [5.41, 5.74) is 2.99. The highest BCUT2D eigenvalue weighted by molar-refractivity contribution is 6.05. The van der Waals surface area contributed by atoms with Crippen LogP contribution in [0.2, 0.25) is 0 Å². The van der Waals surface area contributed by atoms with E-state index in [0.717, 1.165) is 29.4 Å². The maximum atomic E-state index is 13.1. The number of nitrogens with one attached hydrogen (secondary N) is 1. The van der Waals surface area contributed by atoms with Crippen LogP contribution in [0.15, 0.2) is 54.7 Å². The monoisotopic (exact) mass is 387 g/mol. The van der Waals surface area contributed by atoms with Crippen molar-refractivity contribution in [2.24, 2.45) is 0 Å². The fraction of sp³-hybridized carbons (Fsp3) is 0.304. The van der Waals surface area contributed by atoms with Gasteiger partial charge in [-0.05, 0) is 30.3 Å². The summed E-state index contributed by atoms with van der Waals surface area (Å²) < 4.78 is 13.5. The van der Waals surface area contributed by atoms with Crippen LogP contribution in [-0.2, 0) is 9.47 Å². The van der Waals surface area contributed by atoms with Crippen LogP contribution in [0.5, 0.6) is 0 Å². The molecule has 0 radical (unpaired) electrons. The van der Waals surface area contributed by atoms with E-state index < -0.39 is 0 Å². The molecule has 2 atom stereocenters. The second-order valence-corrected chi connectivity index (χ2v) is 7.69. The van der Waals surface area contributed by atoms with Crippen LogP contribution in [0.25, 0.3) is 16.6 Å². The highest BCUT2D eigenvalue weighted by atomic mass is 16.5. The third-order valence-electron chi connectivity index (χ3n) is 5.68. The number of piperidine rings is 1. The highest BCUT2D eigenvalue weighted by Crippen LogP contribution is 2.28. The average Bonchev–Trinajstić information content (AvgIpc) is 3.13. The van der Waals surface area contributed by atoms with Gasteiger partial charge in [0, 0.05) is 42.2 Å². The summed E-state index contributed by atoms with van der Waals surface area (Å²) in [4.78, 5) is 13.1. The number of morpholine rings is 1. The Morgan fingerprint density at radius 3 is 2.55 bits per heavy atom. The van der Waals surface area contributed by atoms with Gasteiger partial charge in [-0.3, -0.25) is 0 Å². The second-order valence-electron chi connectivity index (χ2n) is 7.69. The molecule has 6 heteroatoms. The number of carbonyl (C=O) groups is 1. The molecule has 2 aliphatic heterocycles. The first-order valence-corrected chi connectivity index (χ1v) is 9.86. The van der Waals surface area contributed by atoms with Gasteiger partial charge in [-0.2, -0.15) is 5.26 Å². The quantitative estimate of drug-likeness (QED) is 0.699. The second kappa shape index (κ2) is 7.36. The number of para-hydroxylation sites is 1. The molecule has 1 aromatic heterocycles. The van der Waals surface area contributed by atoms with Gasteiger partial charge in [0.2, 0.25) is 0 Å². The van der Waals surface area contributed by atoms with Crippen molar-refractivity contribution < 1.29 is 14.3 Å². The molecule has 2 saturated heterocycles. The number of aromatic nitrogens is 1. The van der Waals surface area contributed by atoms with Gasteiger partial charge in [0.25, 0.3) is 0 Å². The van der Waals surface area contributed by atoms with Crippen LogP contribution in [0.1, 0.15) is 28.8 Å². The number of nitriles is 1. The number of carbonyl (C=O) groups excluding carboxylic acids is 1. The molecule has 0 aliphatic carbocycles. The molecular formula is C23H21N3O3. The maximum absolute atomic E-state index is 13.1. The summed E-state index contributed by atoms with van der Waals surface area (Å²) in [5, 5.41) is 13.4. The van der Waals surface area contributed by atoms with Crippen LogP contribution < -0.4 is 5.32 Å². The average molecular weight is 387 g/mol. The van der Waals surface area contributed by atoms with Gasteiger partial charge in [0.05, 0.1) is 35.9 Å². The van der Waals surface area contributed by atoms with Crippen molar-refractivity contribution in [3.63, 3.8) is 0 Å². The topological polar surface area (TPSA) is 76.3 Å². The van der Waals surface area contributed by atoms with Crippen LogP contribution >= 0.6 is 0 Å². The van der Waals surface area contributed by atoms with Gasteiger partial charge >= 0.3 is 5.97 Å². The number of hydrogen-bond acceptors (Lipinski definition) is 5. The summed E-state index contributed by atoms with van der Waals surface area (Å²) in [6.45, 7) is 1.34.